The van der Waals surface area contributed by atoms with Gasteiger partial charge in [0.1, 0.15) is 5.82 Å². The van der Waals surface area contributed by atoms with Gasteiger partial charge in [-0.3, -0.25) is 0 Å². The van der Waals surface area contributed by atoms with Crippen LogP contribution in [-0.4, -0.2) is 53.3 Å². The molecule has 1 fully saturated rings. The van der Waals surface area contributed by atoms with E-state index in [1.165, 1.54) is 0 Å². The Kier molecular flexibility index (Phi) is 4.56. The number of hydrogen-bond acceptors (Lipinski definition) is 4. The van der Waals surface area contributed by atoms with Gasteiger partial charge < -0.3 is 20.2 Å². The first-order valence-electron chi connectivity index (χ1n) is 8.66. The number of rotatable bonds is 3. The summed E-state index contributed by atoms with van der Waals surface area (Å²) in [7, 11) is 3.92. The van der Waals surface area contributed by atoms with Crippen molar-refractivity contribution < 1.29 is 9.90 Å². The molecule has 0 bridgehead atoms. The molecular weight excluding hydrogens is 316 g/mol. The second-order valence-corrected chi connectivity index (χ2v) is 7.18. The molecule has 3 rings (SSSR count). The zero-order valence-electron chi connectivity index (χ0n) is 15.3. The van der Waals surface area contributed by atoms with Crippen molar-refractivity contribution in [1.29, 1.82) is 0 Å². The highest BCUT2D eigenvalue weighted by molar-refractivity contribution is 5.97. The van der Waals surface area contributed by atoms with Gasteiger partial charge in [-0.2, -0.15) is 0 Å². The van der Waals surface area contributed by atoms with E-state index in [2.05, 4.69) is 10.3 Å². The Morgan fingerprint density at radius 3 is 2.84 bits per heavy atom. The molecule has 0 saturated carbocycles. The van der Waals surface area contributed by atoms with E-state index in [0.717, 1.165) is 35.1 Å². The molecular formula is C19H26N4O2. The minimum Gasteiger partial charge on any atom is -0.391 e. The van der Waals surface area contributed by atoms with Gasteiger partial charge in [0.15, 0.2) is 0 Å². The van der Waals surface area contributed by atoms with Gasteiger partial charge in [0, 0.05) is 37.9 Å². The van der Waals surface area contributed by atoms with E-state index in [4.69, 9.17) is 0 Å². The standard InChI is InChI=1S/C19H26N4O2/c1-13(24)19(2)9-5-11-23(19)18(25)21-15-6-7-16-14(12-15)8-10-20-17(16)22(3)4/h6-8,10,12-13,24H,5,9,11H2,1-4H3,(H,21,25)/t13?,19-/m0/s1. The van der Waals surface area contributed by atoms with Gasteiger partial charge in [-0.1, -0.05) is 0 Å². The SMILES string of the molecule is CC(O)[C@]1(C)CCCN1C(=O)Nc1ccc2c(N(C)C)nccc2c1. The molecule has 0 aliphatic carbocycles. The quantitative estimate of drug-likeness (QED) is 0.899. The lowest BCUT2D eigenvalue weighted by atomic mass is 9.93. The van der Waals surface area contributed by atoms with Crippen molar-refractivity contribution in [2.24, 2.45) is 0 Å². The normalized spacial score (nSPS) is 21.4. The third kappa shape index (κ3) is 3.14. The Bertz CT molecular complexity index is 790. The van der Waals surface area contributed by atoms with Crippen LogP contribution in [0.3, 0.4) is 0 Å². The molecule has 1 aliphatic rings. The van der Waals surface area contributed by atoms with Gasteiger partial charge in [-0.05, 0) is 56.3 Å². The van der Waals surface area contributed by atoms with Crippen molar-refractivity contribution in [2.75, 3.05) is 30.9 Å². The molecule has 2 heterocycles. The highest BCUT2D eigenvalue weighted by Gasteiger charge is 2.43. The fraction of sp³-hybridized carbons (Fsp3) is 0.474. The second-order valence-electron chi connectivity index (χ2n) is 7.18. The Hall–Kier alpha value is -2.34. The lowest BCUT2D eigenvalue weighted by Crippen LogP contribution is -2.53. The maximum atomic E-state index is 12.7. The number of urea groups is 1. The lowest BCUT2D eigenvalue weighted by molar-refractivity contribution is 0.0384. The monoisotopic (exact) mass is 342 g/mol. The highest BCUT2D eigenvalue weighted by Crippen LogP contribution is 2.33. The van der Waals surface area contributed by atoms with Crippen molar-refractivity contribution >= 4 is 28.3 Å². The Balaban J connectivity index is 1.85. The average molecular weight is 342 g/mol. The highest BCUT2D eigenvalue weighted by atomic mass is 16.3. The van der Waals surface area contributed by atoms with Crippen LogP contribution in [-0.2, 0) is 0 Å². The fourth-order valence-corrected chi connectivity index (χ4v) is 3.54. The van der Waals surface area contributed by atoms with Gasteiger partial charge in [0.25, 0.3) is 0 Å². The molecule has 2 atom stereocenters. The number of amides is 2. The number of fused-ring (bicyclic) bond motifs is 1. The van der Waals surface area contributed by atoms with Crippen LogP contribution in [0.1, 0.15) is 26.7 Å². The third-order valence-corrected chi connectivity index (χ3v) is 5.24. The number of carbonyl (C=O) groups excluding carboxylic acids is 1. The summed E-state index contributed by atoms with van der Waals surface area (Å²) in [6.45, 7) is 4.35. The van der Waals surface area contributed by atoms with Gasteiger partial charge in [0.05, 0.1) is 11.6 Å². The number of likely N-dealkylation sites (tertiary alicyclic amines) is 1. The van der Waals surface area contributed by atoms with Gasteiger partial charge in [0.2, 0.25) is 0 Å². The smallest absolute Gasteiger partial charge is 0.322 e. The molecule has 1 aromatic heterocycles. The van der Waals surface area contributed by atoms with Gasteiger partial charge in [-0.15, -0.1) is 0 Å². The second kappa shape index (κ2) is 6.52. The van der Waals surface area contributed by atoms with Crippen LogP contribution in [0.15, 0.2) is 30.5 Å². The number of pyridine rings is 1. The first-order chi connectivity index (χ1) is 11.8. The molecule has 1 unspecified atom stereocenters. The zero-order chi connectivity index (χ0) is 18.2. The van der Waals surface area contributed by atoms with Crippen molar-refractivity contribution in [1.82, 2.24) is 9.88 Å². The van der Waals surface area contributed by atoms with Crippen LogP contribution in [0.5, 0.6) is 0 Å². The number of aromatic nitrogens is 1. The van der Waals surface area contributed by atoms with E-state index in [1.54, 1.807) is 18.0 Å². The maximum absolute atomic E-state index is 12.7. The lowest BCUT2D eigenvalue weighted by Gasteiger charge is -2.37. The van der Waals surface area contributed by atoms with Crippen molar-refractivity contribution in [3.8, 4) is 0 Å². The van der Waals surface area contributed by atoms with Crippen LogP contribution in [0.25, 0.3) is 10.8 Å². The molecule has 2 N–H and O–H groups in total. The average Bonchev–Trinajstić information content (AvgIpc) is 2.97. The molecule has 0 spiro atoms. The summed E-state index contributed by atoms with van der Waals surface area (Å²) in [6, 6.07) is 7.60. The number of benzene rings is 1. The van der Waals surface area contributed by atoms with E-state index < -0.39 is 11.6 Å². The van der Waals surface area contributed by atoms with Crippen molar-refractivity contribution in [3.05, 3.63) is 30.5 Å². The number of carbonyl (C=O) groups is 1. The molecule has 25 heavy (non-hydrogen) atoms. The summed E-state index contributed by atoms with van der Waals surface area (Å²) in [5.41, 5.74) is 0.233. The Morgan fingerprint density at radius 1 is 1.40 bits per heavy atom. The van der Waals surface area contributed by atoms with E-state index in [1.807, 2.05) is 50.2 Å². The number of nitrogens with zero attached hydrogens (tertiary/aromatic N) is 3. The van der Waals surface area contributed by atoms with Crippen molar-refractivity contribution in [2.45, 2.75) is 38.3 Å². The zero-order valence-corrected chi connectivity index (χ0v) is 15.3. The molecule has 1 aromatic carbocycles. The maximum Gasteiger partial charge on any atom is 0.322 e. The summed E-state index contributed by atoms with van der Waals surface area (Å²) in [5.74, 6) is 0.900. The molecule has 2 amide bonds. The number of nitrogens with one attached hydrogen (secondary N) is 1. The molecule has 6 nitrogen and oxygen atoms in total. The van der Waals surface area contributed by atoms with E-state index in [-0.39, 0.29) is 6.03 Å². The van der Waals surface area contributed by atoms with Crippen molar-refractivity contribution in [3.63, 3.8) is 0 Å². The number of aliphatic hydroxyl groups excluding tert-OH is 1. The number of anilines is 2. The van der Waals surface area contributed by atoms with E-state index in [9.17, 15) is 9.90 Å². The molecule has 0 radical (unpaired) electrons. The summed E-state index contributed by atoms with van der Waals surface area (Å²) >= 11 is 0. The minimum atomic E-state index is -0.564. The van der Waals surface area contributed by atoms with Crippen LogP contribution < -0.4 is 10.2 Å². The summed E-state index contributed by atoms with van der Waals surface area (Å²) in [4.78, 5) is 20.9. The van der Waals surface area contributed by atoms with E-state index >= 15 is 0 Å². The summed E-state index contributed by atoms with van der Waals surface area (Å²) in [5, 5.41) is 15.1. The van der Waals surface area contributed by atoms with Crippen LogP contribution in [0.4, 0.5) is 16.3 Å². The van der Waals surface area contributed by atoms with Crippen LogP contribution in [0.2, 0.25) is 0 Å². The predicted octanol–water partition coefficient (Wildman–Crippen LogP) is 3.07. The number of hydrogen-bond donors (Lipinski definition) is 2. The Labute approximate surface area is 148 Å². The van der Waals surface area contributed by atoms with Crippen LogP contribution in [0, 0.1) is 0 Å². The predicted molar refractivity (Wildman–Crippen MR) is 101 cm³/mol. The topological polar surface area (TPSA) is 68.7 Å². The fourth-order valence-electron chi connectivity index (χ4n) is 3.54. The molecule has 134 valence electrons. The first-order valence-corrected chi connectivity index (χ1v) is 8.66. The molecule has 6 heteroatoms. The largest absolute Gasteiger partial charge is 0.391 e. The molecule has 1 aliphatic heterocycles. The van der Waals surface area contributed by atoms with Crippen LogP contribution >= 0.6 is 0 Å². The Morgan fingerprint density at radius 2 is 2.16 bits per heavy atom. The molecule has 2 aromatic rings. The van der Waals surface area contributed by atoms with E-state index in [0.29, 0.717) is 6.54 Å². The summed E-state index contributed by atoms with van der Waals surface area (Å²) in [6.07, 6.45) is 2.93. The minimum absolute atomic E-state index is 0.165. The molecule has 1 saturated heterocycles. The van der Waals surface area contributed by atoms with Gasteiger partial charge in [-0.25, -0.2) is 9.78 Å². The summed E-state index contributed by atoms with van der Waals surface area (Å²) < 4.78 is 0. The van der Waals surface area contributed by atoms with Gasteiger partial charge >= 0.3 is 6.03 Å². The first kappa shape index (κ1) is 17.5. The third-order valence-electron chi connectivity index (χ3n) is 5.24. The number of aliphatic hydroxyl groups is 1.